The Balaban J connectivity index is 0.00000261. The van der Waals surface area contributed by atoms with Gasteiger partial charge in [0.1, 0.15) is 18.4 Å². The van der Waals surface area contributed by atoms with Crippen molar-refractivity contribution in [2.45, 2.75) is 6.54 Å². The van der Waals surface area contributed by atoms with Gasteiger partial charge in [0.15, 0.2) is 5.78 Å². The third-order valence-electron chi connectivity index (χ3n) is 4.09. The van der Waals surface area contributed by atoms with Gasteiger partial charge in [0.25, 0.3) is 5.69 Å². The summed E-state index contributed by atoms with van der Waals surface area (Å²) in [5, 5.41) is 11.5. The maximum atomic E-state index is 12.5. The summed E-state index contributed by atoms with van der Waals surface area (Å²) < 4.78 is 3.36. The Hall–Kier alpha value is -2.71. The second-order valence-corrected chi connectivity index (χ2v) is 6.24. The molecule has 0 saturated heterocycles. The number of nitro benzene ring substituents is 1. The number of imidazole rings is 1. The van der Waals surface area contributed by atoms with Gasteiger partial charge in [-0.15, -0.1) is 0 Å². The van der Waals surface area contributed by atoms with Crippen molar-refractivity contribution in [2.24, 2.45) is 7.05 Å². The lowest BCUT2D eigenvalue weighted by atomic mass is 10.1. The highest BCUT2D eigenvalue weighted by Gasteiger charge is 2.21. The third-order valence-corrected chi connectivity index (χ3v) is 4.33. The minimum atomic E-state index is -0.530. The predicted octanol–water partition coefficient (Wildman–Crippen LogP) is 0.0103. The molecule has 140 valence electrons. The van der Waals surface area contributed by atoms with Crippen LogP contribution in [0.1, 0.15) is 10.4 Å². The first-order valence-corrected chi connectivity index (χ1v) is 8.13. The number of rotatable bonds is 5. The van der Waals surface area contributed by atoms with Gasteiger partial charge < -0.3 is 17.0 Å². The van der Waals surface area contributed by atoms with E-state index in [1.807, 2.05) is 18.2 Å². The molecule has 0 radical (unpaired) electrons. The highest BCUT2D eigenvalue weighted by Crippen LogP contribution is 2.23. The number of halogens is 2. The molecule has 27 heavy (non-hydrogen) atoms. The number of anilines is 1. The van der Waals surface area contributed by atoms with Crippen LogP contribution < -0.4 is 27.3 Å². The van der Waals surface area contributed by atoms with Crippen LogP contribution in [-0.2, 0) is 13.6 Å². The molecule has 0 unspecified atom stereocenters. The standard InChI is InChI=1S/C18H15ClN4O3.BrH/c1-21-16(12-4-2-6-14(19)8-12)10-22(18(21)20)11-17(24)13-5-3-7-15(9-13)23(25)26;/h2-10,20H,11H2,1H3;1H. The summed E-state index contributed by atoms with van der Waals surface area (Å²) in [6.07, 6.45) is 1.76. The summed E-state index contributed by atoms with van der Waals surface area (Å²) in [4.78, 5) is 22.9. The number of nitrogen functional groups attached to an aromatic ring is 1. The second-order valence-electron chi connectivity index (χ2n) is 5.80. The molecule has 1 aromatic heterocycles. The van der Waals surface area contributed by atoms with Crippen LogP contribution in [0.2, 0.25) is 5.02 Å². The van der Waals surface area contributed by atoms with E-state index in [0.29, 0.717) is 11.0 Å². The first kappa shape index (κ1) is 20.6. The number of hydrogen-bond donors (Lipinski definition) is 1. The molecule has 7 nitrogen and oxygen atoms in total. The fourth-order valence-corrected chi connectivity index (χ4v) is 2.89. The van der Waals surface area contributed by atoms with Gasteiger partial charge in [-0.3, -0.25) is 20.6 Å². The molecular formula is C18H16BrClN4O3. The summed E-state index contributed by atoms with van der Waals surface area (Å²) in [5.74, 6) is 0.118. The number of hydrogen-bond acceptors (Lipinski definition) is 4. The summed E-state index contributed by atoms with van der Waals surface area (Å²) >= 11 is 6.04. The van der Waals surface area contributed by atoms with Crippen LogP contribution in [0.15, 0.2) is 54.7 Å². The zero-order valence-electron chi connectivity index (χ0n) is 14.3. The maximum Gasteiger partial charge on any atom is 0.355 e. The predicted molar refractivity (Wildman–Crippen MR) is 97.9 cm³/mol. The number of ketones is 1. The largest absolute Gasteiger partial charge is 1.00 e. The van der Waals surface area contributed by atoms with Crippen LogP contribution in [0.5, 0.6) is 0 Å². The van der Waals surface area contributed by atoms with Crippen molar-refractivity contribution in [1.82, 2.24) is 4.57 Å². The van der Waals surface area contributed by atoms with Crippen molar-refractivity contribution in [3.8, 4) is 11.3 Å². The van der Waals surface area contributed by atoms with E-state index in [1.165, 1.54) is 18.2 Å². The normalized spacial score (nSPS) is 10.3. The van der Waals surface area contributed by atoms with E-state index >= 15 is 0 Å². The highest BCUT2D eigenvalue weighted by atomic mass is 79.9. The number of carbonyl (C=O) groups is 1. The van der Waals surface area contributed by atoms with Gasteiger partial charge in [0, 0.05) is 28.3 Å². The van der Waals surface area contributed by atoms with Crippen molar-refractivity contribution in [1.29, 1.82) is 0 Å². The molecule has 0 aliphatic heterocycles. The average molecular weight is 452 g/mol. The lowest BCUT2D eigenvalue weighted by Gasteiger charge is -2.00. The average Bonchev–Trinajstić information content (AvgIpc) is 2.90. The first-order valence-electron chi connectivity index (χ1n) is 7.75. The van der Waals surface area contributed by atoms with Crippen LogP contribution in [0.4, 0.5) is 11.6 Å². The highest BCUT2D eigenvalue weighted by molar-refractivity contribution is 6.30. The lowest BCUT2D eigenvalue weighted by molar-refractivity contribution is -0.667. The molecule has 2 aromatic carbocycles. The molecule has 0 aliphatic carbocycles. The number of benzene rings is 2. The van der Waals surface area contributed by atoms with Gasteiger partial charge in [-0.1, -0.05) is 35.9 Å². The second kappa shape index (κ2) is 8.32. The van der Waals surface area contributed by atoms with E-state index in [9.17, 15) is 14.9 Å². The van der Waals surface area contributed by atoms with E-state index in [2.05, 4.69) is 0 Å². The van der Waals surface area contributed by atoms with Crippen molar-refractivity contribution in [3.63, 3.8) is 0 Å². The Morgan fingerprint density at radius 2 is 1.96 bits per heavy atom. The lowest BCUT2D eigenvalue weighted by Crippen LogP contribution is -3.00. The molecular weight excluding hydrogens is 436 g/mol. The number of aromatic nitrogens is 2. The van der Waals surface area contributed by atoms with Gasteiger partial charge in [0.2, 0.25) is 0 Å². The Morgan fingerprint density at radius 1 is 1.26 bits per heavy atom. The number of carbonyl (C=O) groups excluding carboxylic acids is 1. The Morgan fingerprint density at radius 3 is 2.63 bits per heavy atom. The molecule has 0 aliphatic rings. The van der Waals surface area contributed by atoms with Crippen molar-refractivity contribution in [2.75, 3.05) is 5.73 Å². The van der Waals surface area contributed by atoms with E-state index in [1.54, 1.807) is 34.5 Å². The van der Waals surface area contributed by atoms with Crippen LogP contribution in [0, 0.1) is 10.1 Å². The summed E-state index contributed by atoms with van der Waals surface area (Å²) in [6.45, 7) is -0.0264. The quantitative estimate of drug-likeness (QED) is 0.256. The van der Waals surface area contributed by atoms with Crippen molar-refractivity contribution in [3.05, 3.63) is 75.4 Å². The molecule has 0 bridgehead atoms. The van der Waals surface area contributed by atoms with Crippen molar-refractivity contribution >= 4 is 29.0 Å². The minimum absolute atomic E-state index is 0. The smallest absolute Gasteiger partial charge is 0.355 e. The molecule has 2 N–H and O–H groups in total. The third kappa shape index (κ3) is 4.35. The van der Waals surface area contributed by atoms with Crippen LogP contribution in [-0.4, -0.2) is 15.3 Å². The number of Topliss-reactive ketones (excluding diaryl/α,β-unsaturated/α-hetero) is 1. The summed E-state index contributed by atoms with van der Waals surface area (Å²) in [5.41, 5.74) is 7.93. The van der Waals surface area contributed by atoms with E-state index in [4.69, 9.17) is 17.3 Å². The molecule has 3 rings (SSSR count). The van der Waals surface area contributed by atoms with Gasteiger partial charge >= 0.3 is 5.95 Å². The fraction of sp³-hybridized carbons (Fsp3) is 0.111. The van der Waals surface area contributed by atoms with Crippen molar-refractivity contribution < 1.29 is 31.3 Å². The van der Waals surface area contributed by atoms with Crippen LogP contribution in [0.3, 0.4) is 0 Å². The van der Waals surface area contributed by atoms with Crippen LogP contribution in [0.25, 0.3) is 11.3 Å². The molecule has 0 amide bonds. The number of nitrogens with zero attached hydrogens (tertiary/aromatic N) is 3. The van der Waals surface area contributed by atoms with E-state index < -0.39 is 4.92 Å². The first-order chi connectivity index (χ1) is 12.4. The molecule has 1 heterocycles. The summed E-state index contributed by atoms with van der Waals surface area (Å²) in [6, 6.07) is 13.0. The van der Waals surface area contributed by atoms with E-state index in [0.717, 1.165) is 11.3 Å². The molecule has 0 spiro atoms. The van der Waals surface area contributed by atoms with Crippen LogP contribution >= 0.6 is 11.6 Å². The Kier molecular flexibility index (Phi) is 6.35. The number of non-ortho nitro benzene ring substituents is 1. The molecule has 3 aromatic rings. The SMILES string of the molecule is Cn1c(-c2cccc(Cl)c2)c[n+](CC(=O)c2cccc([N+](=O)[O-])c2)c1N.[Br-]. The molecule has 0 saturated carbocycles. The number of nitro groups is 1. The fourth-order valence-electron chi connectivity index (χ4n) is 2.70. The van der Waals surface area contributed by atoms with E-state index in [-0.39, 0.29) is 40.6 Å². The Bertz CT molecular complexity index is 1020. The monoisotopic (exact) mass is 450 g/mol. The Labute approximate surface area is 170 Å². The zero-order valence-corrected chi connectivity index (χ0v) is 16.6. The minimum Gasteiger partial charge on any atom is -1.00 e. The summed E-state index contributed by atoms with van der Waals surface area (Å²) in [7, 11) is 1.79. The van der Waals surface area contributed by atoms with Gasteiger partial charge in [-0.05, 0) is 12.1 Å². The molecule has 0 atom stereocenters. The van der Waals surface area contributed by atoms with Gasteiger partial charge in [-0.2, -0.15) is 0 Å². The maximum absolute atomic E-state index is 12.5. The number of nitrogens with two attached hydrogens (primary N) is 1. The topological polar surface area (TPSA) is 95.0 Å². The molecule has 9 heteroatoms. The molecule has 0 fully saturated rings. The van der Waals surface area contributed by atoms with Gasteiger partial charge in [-0.25, -0.2) is 9.13 Å². The zero-order chi connectivity index (χ0) is 18.8. The van der Waals surface area contributed by atoms with Gasteiger partial charge in [0.05, 0.1) is 12.0 Å².